The third-order valence-corrected chi connectivity index (χ3v) is 4.69. The van der Waals surface area contributed by atoms with Crippen LogP contribution in [0.25, 0.3) is 0 Å². The molecule has 1 aliphatic heterocycles. The van der Waals surface area contributed by atoms with Crippen molar-refractivity contribution in [3.63, 3.8) is 0 Å². The van der Waals surface area contributed by atoms with Gasteiger partial charge < -0.3 is 5.32 Å². The van der Waals surface area contributed by atoms with Crippen LogP contribution >= 0.6 is 0 Å². The predicted octanol–water partition coefficient (Wildman–Crippen LogP) is 4.48. The van der Waals surface area contributed by atoms with Crippen LogP contribution in [0.5, 0.6) is 0 Å². The van der Waals surface area contributed by atoms with Gasteiger partial charge in [-0.2, -0.15) is 0 Å². The van der Waals surface area contributed by atoms with Crippen LogP contribution in [-0.4, -0.2) is 0 Å². The number of hydrogen-bond acceptors (Lipinski definition) is 1. The van der Waals surface area contributed by atoms with E-state index in [1.54, 1.807) is 5.57 Å². The summed E-state index contributed by atoms with van der Waals surface area (Å²) in [5, 5.41) is 3.54. The average molecular weight is 253 g/mol. The Labute approximate surface area is 116 Å². The number of hydrogen-bond donors (Lipinski definition) is 1. The Kier molecular flexibility index (Phi) is 3.00. The first-order valence-electron chi connectivity index (χ1n) is 7.31. The summed E-state index contributed by atoms with van der Waals surface area (Å²) in [5.74, 6) is 1.98. The number of fused-ring (bicyclic) bond motifs is 2. The first-order chi connectivity index (χ1) is 9.06. The van der Waals surface area contributed by atoms with E-state index in [4.69, 9.17) is 0 Å². The zero-order valence-corrected chi connectivity index (χ0v) is 12.2. The molecule has 3 aliphatic rings. The fraction of sp³-hybridized carbons (Fsp3) is 0.444. The lowest BCUT2D eigenvalue weighted by molar-refractivity contribution is 0.399. The van der Waals surface area contributed by atoms with Gasteiger partial charge in [0, 0.05) is 17.3 Å². The van der Waals surface area contributed by atoms with Gasteiger partial charge in [-0.1, -0.05) is 44.2 Å². The lowest BCUT2D eigenvalue weighted by Gasteiger charge is -2.28. The molecular formula is C18H23N. The monoisotopic (exact) mass is 253 g/mol. The Morgan fingerprint density at radius 2 is 2.11 bits per heavy atom. The van der Waals surface area contributed by atoms with Crippen LogP contribution in [0.3, 0.4) is 0 Å². The lowest BCUT2D eigenvalue weighted by atomic mass is 9.86. The number of rotatable bonds is 1. The van der Waals surface area contributed by atoms with Gasteiger partial charge in [0.1, 0.15) is 0 Å². The van der Waals surface area contributed by atoms with Crippen molar-refractivity contribution in [3.05, 3.63) is 59.0 Å². The van der Waals surface area contributed by atoms with Crippen LogP contribution in [0, 0.1) is 17.8 Å². The fourth-order valence-electron chi connectivity index (χ4n) is 3.45. The minimum atomic E-state index is 0.443. The van der Waals surface area contributed by atoms with Gasteiger partial charge in [0.15, 0.2) is 0 Å². The maximum atomic E-state index is 4.24. The second-order valence-electron chi connectivity index (χ2n) is 6.39. The van der Waals surface area contributed by atoms with Gasteiger partial charge in [-0.3, -0.25) is 0 Å². The summed E-state index contributed by atoms with van der Waals surface area (Å²) in [6.07, 6.45) is 11.4. The Bertz CT molecular complexity index is 540. The summed E-state index contributed by atoms with van der Waals surface area (Å²) in [7, 11) is 0. The minimum Gasteiger partial charge on any atom is -0.358 e. The maximum absolute atomic E-state index is 4.24. The molecule has 0 amide bonds. The molecule has 0 saturated carbocycles. The highest BCUT2D eigenvalue weighted by Crippen LogP contribution is 2.46. The number of nitrogens with one attached hydrogen (secondary N) is 1. The summed E-state index contributed by atoms with van der Waals surface area (Å²) < 4.78 is 0. The zero-order chi connectivity index (χ0) is 13.6. The molecule has 1 heterocycles. The van der Waals surface area contributed by atoms with Crippen molar-refractivity contribution in [1.29, 1.82) is 0 Å². The maximum Gasteiger partial charge on any atom is 0.0389 e. The van der Waals surface area contributed by atoms with E-state index >= 15 is 0 Å². The van der Waals surface area contributed by atoms with Gasteiger partial charge in [0.05, 0.1) is 0 Å². The molecule has 0 spiro atoms. The SMILES string of the molecule is C=C1NC2=CC(C)=CC=CC2C2=C1CC(C(C)C)C2. The van der Waals surface area contributed by atoms with Crippen molar-refractivity contribution < 1.29 is 0 Å². The molecule has 0 aromatic rings. The predicted molar refractivity (Wildman–Crippen MR) is 81.3 cm³/mol. The van der Waals surface area contributed by atoms with Gasteiger partial charge >= 0.3 is 0 Å². The van der Waals surface area contributed by atoms with E-state index in [9.17, 15) is 0 Å². The fourth-order valence-corrected chi connectivity index (χ4v) is 3.45. The van der Waals surface area contributed by atoms with E-state index in [0.717, 1.165) is 17.5 Å². The molecule has 1 heteroatoms. The molecule has 0 aromatic carbocycles. The molecular weight excluding hydrogens is 230 g/mol. The van der Waals surface area contributed by atoms with Crippen molar-refractivity contribution in [2.75, 3.05) is 0 Å². The molecule has 0 saturated heterocycles. The molecule has 2 aliphatic carbocycles. The van der Waals surface area contributed by atoms with Crippen LogP contribution in [0.1, 0.15) is 33.6 Å². The Balaban J connectivity index is 1.99. The van der Waals surface area contributed by atoms with Crippen LogP contribution in [0.4, 0.5) is 0 Å². The molecule has 100 valence electrons. The third-order valence-electron chi connectivity index (χ3n) is 4.69. The summed E-state index contributed by atoms with van der Waals surface area (Å²) in [5.41, 5.74) is 6.83. The van der Waals surface area contributed by atoms with Crippen molar-refractivity contribution in [2.24, 2.45) is 17.8 Å². The molecule has 0 aromatic heterocycles. The van der Waals surface area contributed by atoms with Gasteiger partial charge in [-0.15, -0.1) is 0 Å². The molecule has 2 atom stereocenters. The van der Waals surface area contributed by atoms with Crippen LogP contribution in [0.15, 0.2) is 59.0 Å². The minimum absolute atomic E-state index is 0.443. The van der Waals surface area contributed by atoms with Crippen LogP contribution < -0.4 is 5.32 Å². The van der Waals surface area contributed by atoms with Gasteiger partial charge in [-0.05, 0) is 48.8 Å². The quantitative estimate of drug-likeness (QED) is 0.726. The molecule has 0 fully saturated rings. The molecule has 0 bridgehead atoms. The smallest absolute Gasteiger partial charge is 0.0389 e. The third kappa shape index (κ3) is 2.11. The first-order valence-corrected chi connectivity index (χ1v) is 7.31. The molecule has 1 nitrogen and oxygen atoms in total. The van der Waals surface area contributed by atoms with Crippen molar-refractivity contribution in [3.8, 4) is 0 Å². The van der Waals surface area contributed by atoms with Crippen molar-refractivity contribution in [1.82, 2.24) is 5.32 Å². The van der Waals surface area contributed by atoms with Gasteiger partial charge in [-0.25, -0.2) is 0 Å². The van der Waals surface area contributed by atoms with Crippen molar-refractivity contribution in [2.45, 2.75) is 33.6 Å². The summed E-state index contributed by atoms with van der Waals surface area (Å²) >= 11 is 0. The summed E-state index contributed by atoms with van der Waals surface area (Å²) in [6, 6.07) is 0. The molecule has 19 heavy (non-hydrogen) atoms. The second kappa shape index (κ2) is 4.56. The highest BCUT2D eigenvalue weighted by atomic mass is 14.9. The van der Waals surface area contributed by atoms with E-state index < -0.39 is 0 Å². The first kappa shape index (κ1) is 12.5. The number of allylic oxidation sites excluding steroid dienone is 6. The summed E-state index contributed by atoms with van der Waals surface area (Å²) in [4.78, 5) is 0. The standard InChI is InChI=1S/C18H23N/c1-11(2)14-9-16-13(4)19-18-8-12(3)6-5-7-15(18)17(16)10-14/h5-8,11,14-15,19H,4,9-10H2,1-3H3. The van der Waals surface area contributed by atoms with Crippen LogP contribution in [-0.2, 0) is 0 Å². The second-order valence-corrected chi connectivity index (χ2v) is 6.39. The average Bonchev–Trinajstić information content (AvgIpc) is 2.71. The Morgan fingerprint density at radius 3 is 2.84 bits per heavy atom. The largest absolute Gasteiger partial charge is 0.358 e. The normalized spacial score (nSPS) is 29.6. The van der Waals surface area contributed by atoms with E-state index in [0.29, 0.717) is 5.92 Å². The molecule has 0 radical (unpaired) electrons. The van der Waals surface area contributed by atoms with E-state index in [1.807, 2.05) is 0 Å². The Morgan fingerprint density at radius 1 is 1.32 bits per heavy atom. The van der Waals surface area contributed by atoms with E-state index in [1.165, 1.54) is 29.7 Å². The van der Waals surface area contributed by atoms with Gasteiger partial charge in [0.2, 0.25) is 0 Å². The van der Waals surface area contributed by atoms with Crippen LogP contribution in [0.2, 0.25) is 0 Å². The molecule has 3 rings (SSSR count). The topological polar surface area (TPSA) is 12.0 Å². The highest BCUT2D eigenvalue weighted by Gasteiger charge is 2.35. The van der Waals surface area contributed by atoms with Crippen molar-refractivity contribution >= 4 is 0 Å². The molecule has 2 unspecified atom stereocenters. The van der Waals surface area contributed by atoms with Gasteiger partial charge in [0.25, 0.3) is 0 Å². The zero-order valence-electron chi connectivity index (χ0n) is 12.2. The lowest BCUT2D eigenvalue weighted by Crippen LogP contribution is -2.26. The van der Waals surface area contributed by atoms with E-state index in [-0.39, 0.29) is 0 Å². The Hall–Kier alpha value is -1.50. The molecule has 1 N–H and O–H groups in total. The highest BCUT2D eigenvalue weighted by molar-refractivity contribution is 5.51. The van der Waals surface area contributed by atoms with E-state index in [2.05, 4.69) is 57.0 Å². The summed E-state index contributed by atoms with van der Waals surface area (Å²) in [6.45, 7) is 11.1.